The number of nitriles is 1. The lowest BCUT2D eigenvalue weighted by molar-refractivity contribution is -0.116. The lowest BCUT2D eigenvalue weighted by Gasteiger charge is -2.21. The monoisotopic (exact) mass is 356 g/mol. The fraction of sp³-hybridized carbons (Fsp3) is 0.450. The summed E-state index contributed by atoms with van der Waals surface area (Å²) in [5.74, 6) is 0.154. The summed E-state index contributed by atoms with van der Waals surface area (Å²) in [5.41, 5.74) is 0.861. The van der Waals surface area contributed by atoms with Crippen LogP contribution < -0.4 is 0 Å². The highest BCUT2D eigenvalue weighted by Crippen LogP contribution is 2.25. The van der Waals surface area contributed by atoms with Gasteiger partial charge in [0.05, 0.1) is 6.61 Å². The van der Waals surface area contributed by atoms with E-state index >= 15 is 0 Å². The molecule has 138 valence electrons. The molecule has 0 saturated carbocycles. The second-order valence-corrected chi connectivity index (χ2v) is 6.44. The van der Waals surface area contributed by atoms with Crippen molar-refractivity contribution < 1.29 is 19.1 Å². The number of para-hydroxylation sites is 1. The molecule has 6 heteroatoms. The second kappa shape index (κ2) is 8.52. The standard InChI is InChI=1S/C20H24N2O4/c1-4-25-19(24)26-20(3,14-21)11-12-22-13-16(10-9-15(2)23)17-7-5-6-8-18(17)22/h5-8,13H,4,9-12H2,1-3H3. The largest absolute Gasteiger partial charge is 0.509 e. The number of carbonyl (C=O) groups is 2. The Morgan fingerprint density at radius 3 is 2.69 bits per heavy atom. The number of hydrogen-bond acceptors (Lipinski definition) is 5. The maximum absolute atomic E-state index is 11.6. The van der Waals surface area contributed by atoms with E-state index in [1.54, 1.807) is 20.8 Å². The summed E-state index contributed by atoms with van der Waals surface area (Å²) < 4.78 is 12.0. The number of fused-ring (bicyclic) bond motifs is 1. The van der Waals surface area contributed by atoms with Crippen molar-refractivity contribution in [1.29, 1.82) is 5.26 Å². The summed E-state index contributed by atoms with van der Waals surface area (Å²) >= 11 is 0. The van der Waals surface area contributed by atoms with Crippen LogP contribution in [0.15, 0.2) is 30.5 Å². The molecule has 0 radical (unpaired) electrons. The van der Waals surface area contributed by atoms with Crippen molar-refractivity contribution in [1.82, 2.24) is 4.57 Å². The first-order valence-corrected chi connectivity index (χ1v) is 8.71. The zero-order chi connectivity index (χ0) is 19.2. The van der Waals surface area contributed by atoms with Gasteiger partial charge in [-0.3, -0.25) is 0 Å². The van der Waals surface area contributed by atoms with Crippen molar-refractivity contribution in [2.24, 2.45) is 0 Å². The summed E-state index contributed by atoms with van der Waals surface area (Å²) in [4.78, 5) is 22.9. The minimum atomic E-state index is -1.27. The van der Waals surface area contributed by atoms with Crippen molar-refractivity contribution in [2.45, 2.75) is 52.2 Å². The summed E-state index contributed by atoms with van der Waals surface area (Å²) in [5, 5.41) is 10.5. The molecule has 0 amide bonds. The van der Waals surface area contributed by atoms with Crippen LogP contribution in [-0.4, -0.2) is 28.7 Å². The van der Waals surface area contributed by atoms with Gasteiger partial charge >= 0.3 is 6.16 Å². The molecule has 1 aromatic carbocycles. The van der Waals surface area contributed by atoms with Crippen molar-refractivity contribution in [2.75, 3.05) is 6.61 Å². The SMILES string of the molecule is CCOC(=O)OC(C)(C#N)CCn1cc(CCC(C)=O)c2ccccc21. The van der Waals surface area contributed by atoms with Crippen molar-refractivity contribution in [3.05, 3.63) is 36.0 Å². The van der Waals surface area contributed by atoms with Gasteiger partial charge in [0.2, 0.25) is 0 Å². The molecule has 2 rings (SSSR count). The number of benzene rings is 1. The first-order valence-electron chi connectivity index (χ1n) is 8.71. The van der Waals surface area contributed by atoms with E-state index in [-0.39, 0.29) is 12.4 Å². The minimum absolute atomic E-state index is 0.154. The predicted octanol–water partition coefficient (Wildman–Crippen LogP) is 4.01. The quantitative estimate of drug-likeness (QED) is 0.668. The van der Waals surface area contributed by atoms with Crippen LogP contribution in [0.4, 0.5) is 4.79 Å². The number of hydrogen-bond donors (Lipinski definition) is 0. The maximum Gasteiger partial charge on any atom is 0.509 e. The van der Waals surface area contributed by atoms with Gasteiger partial charge in [-0.1, -0.05) is 18.2 Å². The van der Waals surface area contributed by atoms with Gasteiger partial charge in [-0.25, -0.2) is 4.79 Å². The van der Waals surface area contributed by atoms with Crippen molar-refractivity contribution in [3.63, 3.8) is 0 Å². The van der Waals surface area contributed by atoms with Crippen LogP contribution in [0.3, 0.4) is 0 Å². The topological polar surface area (TPSA) is 81.3 Å². The fourth-order valence-corrected chi connectivity index (χ4v) is 2.81. The highest BCUT2D eigenvalue weighted by molar-refractivity contribution is 5.85. The van der Waals surface area contributed by atoms with Gasteiger partial charge in [-0.05, 0) is 38.8 Å². The van der Waals surface area contributed by atoms with Gasteiger partial charge in [0.15, 0.2) is 5.60 Å². The summed E-state index contributed by atoms with van der Waals surface area (Å²) in [6, 6.07) is 10.00. The maximum atomic E-state index is 11.6. The Labute approximate surface area is 153 Å². The fourth-order valence-electron chi connectivity index (χ4n) is 2.81. The number of ketones is 1. The molecule has 2 aromatic rings. The Morgan fingerprint density at radius 1 is 1.31 bits per heavy atom. The van der Waals surface area contributed by atoms with E-state index in [1.165, 1.54) is 0 Å². The van der Waals surface area contributed by atoms with E-state index in [0.29, 0.717) is 25.8 Å². The Kier molecular flexibility index (Phi) is 6.40. The molecule has 1 aromatic heterocycles. The van der Waals surface area contributed by atoms with Crippen LogP contribution >= 0.6 is 0 Å². The van der Waals surface area contributed by atoms with E-state index in [1.807, 2.05) is 35.0 Å². The van der Waals surface area contributed by atoms with E-state index in [4.69, 9.17) is 9.47 Å². The Hall–Kier alpha value is -2.81. The molecule has 26 heavy (non-hydrogen) atoms. The van der Waals surface area contributed by atoms with E-state index in [0.717, 1.165) is 16.5 Å². The predicted molar refractivity (Wildman–Crippen MR) is 97.7 cm³/mol. The number of nitrogens with zero attached hydrogens (tertiary/aromatic N) is 2. The number of aromatic nitrogens is 1. The second-order valence-electron chi connectivity index (χ2n) is 6.44. The van der Waals surface area contributed by atoms with Crippen LogP contribution in [-0.2, 0) is 27.2 Å². The normalized spacial score (nSPS) is 13.0. The molecule has 0 bridgehead atoms. The Balaban J connectivity index is 2.18. The molecule has 0 spiro atoms. The molecule has 6 nitrogen and oxygen atoms in total. The zero-order valence-corrected chi connectivity index (χ0v) is 15.4. The van der Waals surface area contributed by atoms with Crippen LogP contribution in [0, 0.1) is 11.3 Å². The third-order valence-corrected chi connectivity index (χ3v) is 4.25. The lowest BCUT2D eigenvalue weighted by atomic mass is 10.0. The summed E-state index contributed by atoms with van der Waals surface area (Å²) in [7, 11) is 0. The zero-order valence-electron chi connectivity index (χ0n) is 15.4. The van der Waals surface area contributed by atoms with Gasteiger partial charge in [-0.2, -0.15) is 5.26 Å². The molecule has 0 N–H and O–H groups in total. The number of carbonyl (C=O) groups excluding carboxylic acids is 2. The van der Waals surface area contributed by atoms with E-state index < -0.39 is 11.8 Å². The molecule has 1 heterocycles. The molecule has 0 aliphatic carbocycles. The van der Waals surface area contributed by atoms with Gasteiger partial charge in [0, 0.05) is 36.5 Å². The Morgan fingerprint density at radius 2 is 2.04 bits per heavy atom. The average Bonchev–Trinajstić information content (AvgIpc) is 2.96. The number of ether oxygens (including phenoxy) is 2. The molecule has 0 aliphatic rings. The van der Waals surface area contributed by atoms with Gasteiger partial charge in [0.25, 0.3) is 0 Å². The van der Waals surface area contributed by atoms with Crippen molar-refractivity contribution in [3.8, 4) is 6.07 Å². The molecule has 0 fully saturated rings. The Bertz CT molecular complexity index is 834. The van der Waals surface area contributed by atoms with Gasteiger partial charge in [0.1, 0.15) is 11.9 Å². The third-order valence-electron chi connectivity index (χ3n) is 4.25. The van der Waals surface area contributed by atoms with E-state index in [2.05, 4.69) is 6.07 Å². The number of aryl methyl sites for hydroxylation is 2. The molecular weight excluding hydrogens is 332 g/mol. The first-order chi connectivity index (χ1) is 12.4. The van der Waals surface area contributed by atoms with Gasteiger partial charge in [-0.15, -0.1) is 0 Å². The molecule has 0 aliphatic heterocycles. The lowest BCUT2D eigenvalue weighted by Crippen LogP contribution is -2.31. The molecule has 0 saturated heterocycles. The van der Waals surface area contributed by atoms with Crippen LogP contribution in [0.1, 0.15) is 39.2 Å². The summed E-state index contributed by atoms with van der Waals surface area (Å²) in [6.07, 6.45) is 2.67. The molecular formula is C20H24N2O4. The average molecular weight is 356 g/mol. The van der Waals surface area contributed by atoms with Crippen LogP contribution in [0.25, 0.3) is 10.9 Å². The third kappa shape index (κ3) is 4.85. The van der Waals surface area contributed by atoms with Gasteiger partial charge < -0.3 is 18.8 Å². The van der Waals surface area contributed by atoms with Crippen LogP contribution in [0.5, 0.6) is 0 Å². The molecule has 1 unspecified atom stereocenters. The van der Waals surface area contributed by atoms with Crippen molar-refractivity contribution >= 4 is 22.8 Å². The molecule has 1 atom stereocenters. The highest BCUT2D eigenvalue weighted by Gasteiger charge is 2.29. The number of rotatable bonds is 8. The van der Waals surface area contributed by atoms with E-state index in [9.17, 15) is 14.9 Å². The number of Topliss-reactive ketones (excluding diaryl/α,β-unsaturated/α-hetero) is 1. The smallest absolute Gasteiger partial charge is 0.435 e. The van der Waals surface area contributed by atoms with Crippen LogP contribution in [0.2, 0.25) is 0 Å². The minimum Gasteiger partial charge on any atom is -0.435 e. The first kappa shape index (κ1) is 19.5. The highest BCUT2D eigenvalue weighted by atomic mass is 16.7. The summed E-state index contributed by atoms with van der Waals surface area (Å²) in [6.45, 7) is 5.54.